The van der Waals surface area contributed by atoms with Gasteiger partial charge in [-0.25, -0.2) is 13.6 Å². The molecule has 1 heterocycles. The first-order valence-electron chi connectivity index (χ1n) is 14.1. The predicted octanol–water partition coefficient (Wildman–Crippen LogP) is 6.16. The number of hydrogen-bond acceptors (Lipinski definition) is 7. The van der Waals surface area contributed by atoms with E-state index in [1.807, 2.05) is 19.1 Å². The fourth-order valence-electron chi connectivity index (χ4n) is 4.64. The number of nitrogens with one attached hydrogen (secondary N) is 1. The Morgan fingerprint density at radius 1 is 0.977 bits per heavy atom. The summed E-state index contributed by atoms with van der Waals surface area (Å²) in [6.45, 7) is 7.07. The van der Waals surface area contributed by atoms with Gasteiger partial charge in [0.05, 0.1) is 26.4 Å². The first kappa shape index (κ1) is 33.7. The second kappa shape index (κ2) is 15.6. The number of nitrogens with zero attached hydrogens (tertiary/aromatic N) is 1. The van der Waals surface area contributed by atoms with Crippen molar-refractivity contribution in [2.24, 2.45) is 0 Å². The number of carbonyl (C=O) groups excluding carboxylic acids is 1. The van der Waals surface area contributed by atoms with Gasteiger partial charge in [-0.2, -0.15) is 0 Å². The number of hydrogen-bond donors (Lipinski definition) is 3. The van der Waals surface area contributed by atoms with Crippen LogP contribution < -0.4 is 20.5 Å². The Morgan fingerprint density at radius 3 is 2.14 bits per heavy atom. The number of nitrogen functional groups attached to an aromatic ring is 1. The van der Waals surface area contributed by atoms with E-state index in [9.17, 15) is 23.5 Å². The molecule has 0 spiro atoms. The smallest absolute Gasteiger partial charge is 0.326 e. The monoisotopic (exact) mass is 609 g/mol. The summed E-state index contributed by atoms with van der Waals surface area (Å²) in [5, 5.41) is 13.4. The number of methoxy groups -OCH3 is 2. The minimum absolute atomic E-state index is 0.179. The molecule has 234 valence electrons. The molecule has 0 saturated heterocycles. The van der Waals surface area contributed by atoms with Crippen LogP contribution in [0.3, 0.4) is 0 Å². The molecule has 0 aliphatic heterocycles. The Balaban J connectivity index is 0.00000169. The minimum Gasteiger partial charge on any atom is -0.496 e. The molecule has 4 rings (SSSR count). The number of halogens is 2. The number of anilines is 1. The van der Waals surface area contributed by atoms with E-state index in [4.69, 9.17) is 19.9 Å². The van der Waals surface area contributed by atoms with Crippen LogP contribution >= 0.6 is 0 Å². The fraction of sp³-hybridized carbons (Fsp3) is 0.303. The van der Waals surface area contributed by atoms with Crippen molar-refractivity contribution in [2.75, 3.05) is 26.6 Å². The van der Waals surface area contributed by atoms with Gasteiger partial charge >= 0.3 is 5.97 Å². The third-order valence-electron chi connectivity index (χ3n) is 6.54. The van der Waals surface area contributed by atoms with E-state index in [1.54, 1.807) is 44.8 Å². The SMILES string of the molecule is CCC.CCOCc1cc(OC)c(-c2ccc(CC(NC(=O)c3c(F)cc(N)cc3F)C(=O)O)c3ccncc23)c(OC)c1. The summed E-state index contributed by atoms with van der Waals surface area (Å²) in [5.41, 5.74) is 7.10. The lowest BCUT2D eigenvalue weighted by Crippen LogP contribution is -2.43. The van der Waals surface area contributed by atoms with Crippen LogP contribution in [0.15, 0.2) is 54.9 Å². The molecule has 4 aromatic rings. The number of benzene rings is 3. The van der Waals surface area contributed by atoms with Crippen LogP contribution in [0.4, 0.5) is 14.5 Å². The lowest BCUT2D eigenvalue weighted by Gasteiger charge is -2.20. The molecule has 0 bridgehead atoms. The van der Waals surface area contributed by atoms with Crippen LogP contribution in [0.2, 0.25) is 0 Å². The number of ether oxygens (including phenoxy) is 3. The number of aliphatic carboxylic acids is 1. The average molecular weight is 610 g/mol. The molecule has 11 heteroatoms. The molecule has 1 amide bonds. The lowest BCUT2D eigenvalue weighted by molar-refractivity contribution is -0.139. The van der Waals surface area contributed by atoms with Crippen molar-refractivity contribution in [1.82, 2.24) is 10.3 Å². The Kier molecular flexibility index (Phi) is 12.0. The second-order valence-corrected chi connectivity index (χ2v) is 9.84. The molecule has 0 saturated carbocycles. The van der Waals surface area contributed by atoms with Crippen LogP contribution in [-0.2, 0) is 22.6 Å². The zero-order chi connectivity index (χ0) is 32.4. The number of carboxylic acids is 1. The zero-order valence-corrected chi connectivity index (χ0v) is 25.4. The van der Waals surface area contributed by atoms with Gasteiger partial charge < -0.3 is 30.4 Å². The van der Waals surface area contributed by atoms with E-state index in [0.717, 1.165) is 23.3 Å². The quantitative estimate of drug-likeness (QED) is 0.172. The number of nitrogens with two attached hydrogens (primary N) is 1. The van der Waals surface area contributed by atoms with Crippen LogP contribution in [-0.4, -0.2) is 48.8 Å². The Bertz CT molecular complexity index is 1580. The van der Waals surface area contributed by atoms with E-state index in [2.05, 4.69) is 24.1 Å². The van der Waals surface area contributed by atoms with Crippen molar-refractivity contribution in [3.8, 4) is 22.6 Å². The molecule has 1 atom stereocenters. The summed E-state index contributed by atoms with van der Waals surface area (Å²) in [6, 6.07) is 9.01. The lowest BCUT2D eigenvalue weighted by atomic mass is 9.92. The van der Waals surface area contributed by atoms with Crippen molar-refractivity contribution in [3.63, 3.8) is 0 Å². The van der Waals surface area contributed by atoms with Gasteiger partial charge in [0.1, 0.15) is 34.7 Å². The molecule has 9 nitrogen and oxygen atoms in total. The van der Waals surface area contributed by atoms with Gasteiger partial charge in [0.25, 0.3) is 5.91 Å². The highest BCUT2D eigenvalue weighted by atomic mass is 19.1. The van der Waals surface area contributed by atoms with Gasteiger partial charge in [-0.1, -0.05) is 32.4 Å². The third kappa shape index (κ3) is 7.78. The van der Waals surface area contributed by atoms with Crippen molar-refractivity contribution in [3.05, 3.63) is 83.2 Å². The standard InChI is InChI=1S/C30H29F2N3O6.C3H8/c1-4-41-15-16-9-25(39-2)27(26(10-16)40-3)20-6-5-17(19-7-8-34-14-21(19)20)11-24(30(37)38)35-29(36)28-22(31)12-18(33)13-23(28)32;1-3-2/h5-10,12-14,24H,4,11,15,33H2,1-3H3,(H,35,36)(H,37,38);3H2,1-2H3. The van der Waals surface area contributed by atoms with Gasteiger partial charge in [0, 0.05) is 36.5 Å². The maximum Gasteiger partial charge on any atom is 0.326 e. The first-order chi connectivity index (χ1) is 21.1. The third-order valence-corrected chi connectivity index (χ3v) is 6.54. The van der Waals surface area contributed by atoms with Crippen molar-refractivity contribution >= 4 is 28.3 Å². The number of rotatable bonds is 11. The number of fused-ring (bicyclic) bond motifs is 1. The maximum absolute atomic E-state index is 14.3. The molecule has 1 unspecified atom stereocenters. The Morgan fingerprint density at radius 2 is 1.59 bits per heavy atom. The van der Waals surface area contributed by atoms with Crippen molar-refractivity contribution in [2.45, 2.75) is 46.3 Å². The van der Waals surface area contributed by atoms with E-state index in [1.165, 1.54) is 6.42 Å². The van der Waals surface area contributed by atoms with Gasteiger partial charge in [-0.15, -0.1) is 0 Å². The molecular weight excluding hydrogens is 572 g/mol. The van der Waals surface area contributed by atoms with Gasteiger partial charge in [-0.05, 0) is 59.3 Å². The number of aromatic nitrogens is 1. The van der Waals surface area contributed by atoms with Crippen molar-refractivity contribution in [1.29, 1.82) is 0 Å². The van der Waals surface area contributed by atoms with E-state index in [0.29, 0.717) is 46.6 Å². The Labute approximate surface area is 255 Å². The van der Waals surface area contributed by atoms with E-state index < -0.39 is 35.1 Å². The molecule has 4 N–H and O–H groups in total. The maximum atomic E-state index is 14.3. The summed E-state index contributed by atoms with van der Waals surface area (Å²) in [4.78, 5) is 29.1. The zero-order valence-electron chi connectivity index (χ0n) is 25.4. The predicted molar refractivity (Wildman–Crippen MR) is 165 cm³/mol. The van der Waals surface area contributed by atoms with Gasteiger partial charge in [0.15, 0.2) is 0 Å². The molecule has 1 aromatic heterocycles. The number of carbonyl (C=O) groups is 2. The highest BCUT2D eigenvalue weighted by Crippen LogP contribution is 2.43. The molecule has 0 fully saturated rings. The largest absolute Gasteiger partial charge is 0.496 e. The molecule has 0 radical (unpaired) electrons. The molecule has 44 heavy (non-hydrogen) atoms. The van der Waals surface area contributed by atoms with E-state index >= 15 is 0 Å². The van der Waals surface area contributed by atoms with Crippen LogP contribution in [0.1, 0.15) is 48.7 Å². The first-order valence-corrected chi connectivity index (χ1v) is 14.1. The summed E-state index contributed by atoms with van der Waals surface area (Å²) < 4.78 is 45.5. The number of amides is 1. The molecule has 0 aliphatic carbocycles. The average Bonchev–Trinajstić information content (AvgIpc) is 2.99. The van der Waals surface area contributed by atoms with Crippen LogP contribution in [0, 0.1) is 11.6 Å². The van der Waals surface area contributed by atoms with Crippen LogP contribution in [0.5, 0.6) is 11.5 Å². The number of pyridine rings is 1. The summed E-state index contributed by atoms with van der Waals surface area (Å²) in [6.07, 6.45) is 4.26. The van der Waals surface area contributed by atoms with Gasteiger partial charge in [0.2, 0.25) is 0 Å². The minimum atomic E-state index is -1.50. The Hall–Kier alpha value is -4.77. The number of carboxylic acid groups (broad SMARTS) is 1. The highest BCUT2D eigenvalue weighted by molar-refractivity contribution is 6.01. The summed E-state index contributed by atoms with van der Waals surface area (Å²) >= 11 is 0. The van der Waals surface area contributed by atoms with Crippen LogP contribution in [0.25, 0.3) is 21.9 Å². The topological polar surface area (TPSA) is 133 Å². The normalized spacial score (nSPS) is 11.3. The second-order valence-electron chi connectivity index (χ2n) is 9.84. The highest BCUT2D eigenvalue weighted by Gasteiger charge is 2.27. The fourth-order valence-corrected chi connectivity index (χ4v) is 4.64. The molecular formula is C33H37F2N3O6. The summed E-state index contributed by atoms with van der Waals surface area (Å²) in [5.74, 6) is -3.90. The molecule has 3 aromatic carbocycles. The van der Waals surface area contributed by atoms with E-state index in [-0.39, 0.29) is 12.1 Å². The van der Waals surface area contributed by atoms with Gasteiger partial charge in [-0.3, -0.25) is 9.78 Å². The van der Waals surface area contributed by atoms with Crippen molar-refractivity contribution < 1.29 is 37.7 Å². The molecule has 0 aliphatic rings. The summed E-state index contributed by atoms with van der Waals surface area (Å²) in [7, 11) is 3.09.